The fourth-order valence-electron chi connectivity index (χ4n) is 5.29. The largest absolute Gasteiger partial charge is 0.377 e. The van der Waals surface area contributed by atoms with Gasteiger partial charge in [-0.05, 0) is 43.4 Å². The number of amides is 2. The molecule has 1 aliphatic carbocycles. The van der Waals surface area contributed by atoms with Crippen LogP contribution in [0.15, 0.2) is 61.1 Å². The van der Waals surface area contributed by atoms with Crippen molar-refractivity contribution in [2.45, 2.75) is 50.4 Å². The first-order chi connectivity index (χ1) is 21.1. The number of nitrogens with zero attached hydrogens (tertiary/aromatic N) is 8. The molecule has 0 radical (unpaired) electrons. The van der Waals surface area contributed by atoms with E-state index in [2.05, 4.69) is 47.3 Å². The monoisotopic (exact) mass is 579 g/mol. The lowest BCUT2D eigenvalue weighted by molar-refractivity contribution is 0.0209. The number of benzene rings is 1. The van der Waals surface area contributed by atoms with E-state index in [9.17, 15) is 10.1 Å². The average molecular weight is 580 g/mol. The molecule has 13 heteroatoms. The highest BCUT2D eigenvalue weighted by Gasteiger charge is 2.32. The number of urea groups is 1. The molecule has 2 amide bonds. The van der Waals surface area contributed by atoms with Gasteiger partial charge in [-0.25, -0.2) is 9.78 Å². The van der Waals surface area contributed by atoms with Gasteiger partial charge < -0.3 is 20.7 Å². The Morgan fingerprint density at radius 1 is 1.05 bits per heavy atom. The highest BCUT2D eigenvalue weighted by molar-refractivity contribution is 5.91. The second-order valence-corrected chi connectivity index (χ2v) is 10.8. The number of aromatic nitrogens is 6. The predicted octanol–water partition coefficient (Wildman–Crippen LogP) is 3.49. The Balaban J connectivity index is 1.14. The van der Waals surface area contributed by atoms with Crippen LogP contribution in [-0.4, -0.2) is 67.3 Å². The lowest BCUT2D eigenvalue weighted by atomic mass is 9.90. The Hall–Kier alpha value is -5.09. The van der Waals surface area contributed by atoms with E-state index in [1.807, 2.05) is 55.7 Å². The summed E-state index contributed by atoms with van der Waals surface area (Å²) >= 11 is 0. The number of hydrogen-bond acceptors (Lipinski definition) is 10. The summed E-state index contributed by atoms with van der Waals surface area (Å²) in [6.07, 6.45) is 8.26. The highest BCUT2D eigenvalue weighted by atomic mass is 16.5. The van der Waals surface area contributed by atoms with Crippen LogP contribution >= 0.6 is 0 Å². The maximum Gasteiger partial charge on any atom is 0.323 e. The molecule has 0 unspecified atom stereocenters. The van der Waals surface area contributed by atoms with Crippen molar-refractivity contribution in [1.29, 1.82) is 5.26 Å². The summed E-state index contributed by atoms with van der Waals surface area (Å²) in [4.78, 5) is 24.3. The number of ether oxygens (including phenoxy) is 1. The summed E-state index contributed by atoms with van der Waals surface area (Å²) in [5, 5.41) is 32.3. The molecule has 0 spiro atoms. The molecule has 2 aliphatic rings. The topological polar surface area (TPSA) is 159 Å². The lowest BCUT2D eigenvalue weighted by Crippen LogP contribution is -2.49. The number of nitriles is 1. The molecule has 43 heavy (non-hydrogen) atoms. The van der Waals surface area contributed by atoms with Crippen molar-refractivity contribution >= 4 is 23.6 Å². The van der Waals surface area contributed by atoms with E-state index in [0.717, 1.165) is 36.8 Å². The number of rotatable bonds is 9. The van der Waals surface area contributed by atoms with Gasteiger partial charge in [0.15, 0.2) is 5.82 Å². The van der Waals surface area contributed by atoms with Gasteiger partial charge in [-0.15, -0.1) is 10.2 Å². The zero-order chi connectivity index (χ0) is 29.6. The summed E-state index contributed by atoms with van der Waals surface area (Å²) in [7, 11) is 1.85. The minimum absolute atomic E-state index is 0.0647. The third kappa shape index (κ3) is 6.70. The van der Waals surface area contributed by atoms with E-state index in [1.165, 1.54) is 6.20 Å². The van der Waals surface area contributed by atoms with Crippen molar-refractivity contribution in [2.24, 2.45) is 7.05 Å². The molecule has 2 fully saturated rings. The maximum absolute atomic E-state index is 13.6. The summed E-state index contributed by atoms with van der Waals surface area (Å²) in [5.74, 6) is 1.48. The molecule has 1 saturated carbocycles. The van der Waals surface area contributed by atoms with Gasteiger partial charge in [0.1, 0.15) is 17.5 Å². The Morgan fingerprint density at radius 3 is 2.51 bits per heavy atom. The standard InChI is InChI=1S/C30H33N11O2/c1-40-17-22(16-34-40)26-11-12-27(39-38-26)41(30(42)33-14-20-5-3-2-4-6-20)25-9-7-23(8-10-25)36-29-32-15-21(13-31)28(37-29)35-24-18-43-19-24/h2-6,11-12,15-17,23-25H,7-10,14,18-19H2,1H3,(H,33,42)(H2,32,35,36,37). The first kappa shape index (κ1) is 28.0. The van der Waals surface area contributed by atoms with E-state index in [0.29, 0.717) is 48.6 Å². The molecular formula is C30H33N11O2. The van der Waals surface area contributed by atoms with Crippen LogP contribution < -0.4 is 20.9 Å². The zero-order valence-corrected chi connectivity index (χ0v) is 23.8. The van der Waals surface area contributed by atoms with Gasteiger partial charge in [-0.3, -0.25) is 9.58 Å². The molecule has 1 saturated heterocycles. The second-order valence-electron chi connectivity index (χ2n) is 10.8. The van der Waals surface area contributed by atoms with Crippen LogP contribution in [0.1, 0.15) is 36.8 Å². The van der Waals surface area contributed by atoms with Crippen LogP contribution in [0.5, 0.6) is 0 Å². The molecule has 3 N–H and O–H groups in total. The van der Waals surface area contributed by atoms with Crippen molar-refractivity contribution in [3.05, 3.63) is 72.2 Å². The van der Waals surface area contributed by atoms with Gasteiger partial charge in [-0.2, -0.15) is 15.3 Å². The predicted molar refractivity (Wildman–Crippen MR) is 160 cm³/mol. The third-order valence-corrected chi connectivity index (χ3v) is 7.69. The minimum atomic E-state index is -0.213. The lowest BCUT2D eigenvalue weighted by Gasteiger charge is -2.36. The third-order valence-electron chi connectivity index (χ3n) is 7.69. The van der Waals surface area contributed by atoms with Gasteiger partial charge in [0.2, 0.25) is 5.95 Å². The number of anilines is 3. The van der Waals surface area contributed by atoms with Crippen molar-refractivity contribution in [1.82, 2.24) is 35.3 Å². The molecule has 4 aromatic rings. The van der Waals surface area contributed by atoms with E-state index in [4.69, 9.17) is 4.74 Å². The minimum Gasteiger partial charge on any atom is -0.377 e. The maximum atomic E-state index is 13.6. The van der Waals surface area contributed by atoms with Gasteiger partial charge in [0.05, 0.1) is 37.3 Å². The van der Waals surface area contributed by atoms with Crippen LogP contribution in [0.4, 0.5) is 22.4 Å². The molecule has 4 heterocycles. The number of carbonyl (C=O) groups is 1. The van der Waals surface area contributed by atoms with E-state index in [-0.39, 0.29) is 24.2 Å². The summed E-state index contributed by atoms with van der Waals surface area (Å²) < 4.78 is 6.94. The fraction of sp³-hybridized carbons (Fsp3) is 0.367. The van der Waals surface area contributed by atoms with Crippen molar-refractivity contribution in [2.75, 3.05) is 28.7 Å². The average Bonchev–Trinajstić information content (AvgIpc) is 3.46. The summed E-state index contributed by atoms with van der Waals surface area (Å²) in [5.41, 5.74) is 2.96. The first-order valence-electron chi connectivity index (χ1n) is 14.4. The number of carbonyl (C=O) groups excluding carboxylic acids is 1. The van der Waals surface area contributed by atoms with Gasteiger partial charge in [0, 0.05) is 37.4 Å². The highest BCUT2D eigenvalue weighted by Crippen LogP contribution is 2.29. The normalized spacial score (nSPS) is 18.2. The first-order valence-corrected chi connectivity index (χ1v) is 14.4. The smallest absolute Gasteiger partial charge is 0.323 e. The van der Waals surface area contributed by atoms with Crippen molar-refractivity contribution < 1.29 is 9.53 Å². The fourth-order valence-corrected chi connectivity index (χ4v) is 5.29. The van der Waals surface area contributed by atoms with E-state index in [1.54, 1.807) is 15.8 Å². The Morgan fingerprint density at radius 2 is 1.86 bits per heavy atom. The molecule has 0 bridgehead atoms. The van der Waals surface area contributed by atoms with E-state index >= 15 is 0 Å². The van der Waals surface area contributed by atoms with Crippen LogP contribution in [-0.2, 0) is 18.3 Å². The molecule has 13 nitrogen and oxygen atoms in total. The van der Waals surface area contributed by atoms with E-state index < -0.39 is 0 Å². The molecule has 1 aliphatic heterocycles. The van der Waals surface area contributed by atoms with Gasteiger partial charge in [-0.1, -0.05) is 30.3 Å². The molecule has 0 atom stereocenters. The van der Waals surface area contributed by atoms with Crippen LogP contribution in [0.25, 0.3) is 11.3 Å². The molecular weight excluding hydrogens is 546 g/mol. The Bertz CT molecular complexity index is 1570. The van der Waals surface area contributed by atoms with Crippen LogP contribution in [0.2, 0.25) is 0 Å². The number of aryl methyl sites for hydroxylation is 1. The SMILES string of the molecule is Cn1cc(-c2ccc(N(C(=O)NCc3ccccc3)C3CCC(Nc4ncc(C#N)c(NC5COC5)n4)CC3)nn2)cn1. The molecule has 220 valence electrons. The number of hydrogen-bond donors (Lipinski definition) is 3. The zero-order valence-electron chi connectivity index (χ0n) is 23.8. The second kappa shape index (κ2) is 12.8. The van der Waals surface area contributed by atoms with Crippen LogP contribution in [0.3, 0.4) is 0 Å². The molecule has 6 rings (SSSR count). The summed E-state index contributed by atoms with van der Waals surface area (Å²) in [6, 6.07) is 15.7. The molecule has 1 aromatic carbocycles. The Kier molecular flexibility index (Phi) is 8.37. The molecule has 3 aromatic heterocycles. The Labute approximate surface area is 249 Å². The summed E-state index contributed by atoms with van der Waals surface area (Å²) in [6.45, 7) is 1.59. The van der Waals surface area contributed by atoms with Gasteiger partial charge in [0.25, 0.3) is 0 Å². The van der Waals surface area contributed by atoms with Crippen LogP contribution in [0, 0.1) is 11.3 Å². The number of nitrogens with one attached hydrogen (secondary N) is 3. The van der Waals surface area contributed by atoms with Crippen molar-refractivity contribution in [3.8, 4) is 17.3 Å². The van der Waals surface area contributed by atoms with Gasteiger partial charge >= 0.3 is 6.03 Å². The quantitative estimate of drug-likeness (QED) is 0.268. The van der Waals surface area contributed by atoms with Crippen molar-refractivity contribution in [3.63, 3.8) is 0 Å².